The van der Waals surface area contributed by atoms with Gasteiger partial charge >= 0.3 is 0 Å². The monoisotopic (exact) mass is 236 g/mol. The minimum atomic E-state index is 0.473. The number of thiophene rings is 1. The molecule has 0 amide bonds. The molecule has 0 saturated heterocycles. The zero-order valence-corrected chi connectivity index (χ0v) is 9.05. The first-order valence-electron chi connectivity index (χ1n) is 4.30. The second-order valence-corrected chi connectivity index (χ2v) is 4.42. The molecule has 0 aliphatic carbocycles. The molecule has 15 heavy (non-hydrogen) atoms. The van der Waals surface area contributed by atoms with Gasteiger partial charge in [0.2, 0.25) is 6.39 Å². The molecule has 3 nitrogen and oxygen atoms in total. The lowest BCUT2D eigenvalue weighted by atomic mass is 10.2. The maximum atomic E-state index is 6.23. The number of aromatic nitrogens is 2. The van der Waals surface area contributed by atoms with Crippen LogP contribution in [0, 0.1) is 0 Å². The summed E-state index contributed by atoms with van der Waals surface area (Å²) in [6, 6.07) is 7.94. The van der Waals surface area contributed by atoms with Crippen LogP contribution in [0.3, 0.4) is 0 Å². The van der Waals surface area contributed by atoms with Gasteiger partial charge in [-0.1, -0.05) is 29.8 Å². The summed E-state index contributed by atoms with van der Waals surface area (Å²) in [4.78, 5) is 0.829. The highest BCUT2D eigenvalue weighted by molar-refractivity contribution is 7.23. The summed E-state index contributed by atoms with van der Waals surface area (Å²) >= 11 is 7.78. The highest BCUT2D eigenvalue weighted by Crippen LogP contribution is 2.40. The Bertz CT molecular complexity index is 603. The van der Waals surface area contributed by atoms with Gasteiger partial charge in [0.1, 0.15) is 4.88 Å². The summed E-state index contributed by atoms with van der Waals surface area (Å²) in [6.45, 7) is 0. The van der Waals surface area contributed by atoms with Gasteiger partial charge in [0, 0.05) is 10.1 Å². The maximum Gasteiger partial charge on any atom is 0.259 e. The van der Waals surface area contributed by atoms with Crippen LogP contribution in [0.1, 0.15) is 0 Å². The van der Waals surface area contributed by atoms with E-state index in [2.05, 4.69) is 10.2 Å². The smallest absolute Gasteiger partial charge is 0.259 e. The largest absolute Gasteiger partial charge is 0.423 e. The average Bonchev–Trinajstić information content (AvgIpc) is 2.87. The van der Waals surface area contributed by atoms with E-state index in [0.29, 0.717) is 10.9 Å². The second kappa shape index (κ2) is 3.32. The van der Waals surface area contributed by atoms with E-state index < -0.39 is 0 Å². The number of halogens is 1. The average molecular weight is 237 g/mol. The Morgan fingerprint density at radius 2 is 2.13 bits per heavy atom. The number of hydrogen-bond donors (Lipinski definition) is 0. The third-order valence-corrected chi connectivity index (χ3v) is 3.75. The molecule has 3 rings (SSSR count). The number of nitrogens with zero attached hydrogens (tertiary/aromatic N) is 2. The summed E-state index contributed by atoms with van der Waals surface area (Å²) in [5.74, 6) is 0.473. The van der Waals surface area contributed by atoms with Crippen molar-refractivity contribution in [1.29, 1.82) is 0 Å². The number of fused-ring (bicyclic) bond motifs is 1. The third-order valence-electron chi connectivity index (χ3n) is 2.09. The normalized spacial score (nSPS) is 11.0. The van der Waals surface area contributed by atoms with Crippen LogP contribution in [0.25, 0.3) is 20.9 Å². The fraction of sp³-hybridized carbons (Fsp3) is 0. The fourth-order valence-electron chi connectivity index (χ4n) is 1.42. The number of hydrogen-bond acceptors (Lipinski definition) is 4. The first-order chi connectivity index (χ1) is 7.36. The standard InChI is InChI=1S/C10H5ClN2OS/c11-8-6-3-1-2-4-7(6)15-9(8)10-13-12-5-14-10/h1-5H. The van der Waals surface area contributed by atoms with E-state index in [1.807, 2.05) is 24.3 Å². The lowest BCUT2D eigenvalue weighted by Crippen LogP contribution is -1.72. The zero-order valence-electron chi connectivity index (χ0n) is 7.48. The summed E-state index contributed by atoms with van der Waals surface area (Å²) in [7, 11) is 0. The molecule has 0 radical (unpaired) electrons. The molecule has 0 N–H and O–H groups in total. The lowest BCUT2D eigenvalue weighted by Gasteiger charge is -1.88. The molecule has 0 aliphatic rings. The molecule has 1 aromatic carbocycles. The Morgan fingerprint density at radius 3 is 2.87 bits per heavy atom. The van der Waals surface area contributed by atoms with Crippen molar-refractivity contribution in [2.45, 2.75) is 0 Å². The van der Waals surface area contributed by atoms with Crippen LogP contribution in [-0.4, -0.2) is 10.2 Å². The minimum Gasteiger partial charge on any atom is -0.423 e. The summed E-state index contributed by atoms with van der Waals surface area (Å²) in [5, 5.41) is 9.20. The summed E-state index contributed by atoms with van der Waals surface area (Å²) < 4.78 is 6.25. The van der Waals surface area contributed by atoms with Crippen LogP contribution in [-0.2, 0) is 0 Å². The molecule has 2 aromatic heterocycles. The Hall–Kier alpha value is -1.39. The van der Waals surface area contributed by atoms with Crippen LogP contribution in [0.2, 0.25) is 5.02 Å². The maximum absolute atomic E-state index is 6.23. The van der Waals surface area contributed by atoms with Crippen LogP contribution in [0.15, 0.2) is 35.1 Å². The Balaban J connectivity index is 2.33. The van der Waals surface area contributed by atoms with Gasteiger partial charge in [-0.3, -0.25) is 0 Å². The van der Waals surface area contributed by atoms with Gasteiger partial charge in [-0.25, -0.2) is 0 Å². The van der Waals surface area contributed by atoms with Crippen molar-refractivity contribution in [2.24, 2.45) is 0 Å². The van der Waals surface area contributed by atoms with E-state index in [4.69, 9.17) is 16.0 Å². The summed E-state index contributed by atoms with van der Waals surface area (Å²) in [6.07, 6.45) is 1.30. The molecule has 0 fully saturated rings. The van der Waals surface area contributed by atoms with Crippen molar-refractivity contribution in [2.75, 3.05) is 0 Å². The predicted molar refractivity (Wildman–Crippen MR) is 60.1 cm³/mol. The summed E-state index contributed by atoms with van der Waals surface area (Å²) in [5.41, 5.74) is 0. The van der Waals surface area contributed by atoms with Crippen molar-refractivity contribution in [1.82, 2.24) is 10.2 Å². The van der Waals surface area contributed by atoms with E-state index in [0.717, 1.165) is 15.0 Å². The van der Waals surface area contributed by atoms with Crippen LogP contribution >= 0.6 is 22.9 Å². The highest BCUT2D eigenvalue weighted by atomic mass is 35.5. The molecular formula is C10H5ClN2OS. The van der Waals surface area contributed by atoms with Crippen molar-refractivity contribution in [3.63, 3.8) is 0 Å². The lowest BCUT2D eigenvalue weighted by molar-refractivity contribution is 0.570. The molecule has 0 unspecified atom stereocenters. The third kappa shape index (κ3) is 1.33. The molecule has 0 atom stereocenters. The first kappa shape index (κ1) is 8.88. The van der Waals surface area contributed by atoms with Crippen molar-refractivity contribution >= 4 is 33.0 Å². The van der Waals surface area contributed by atoms with Gasteiger partial charge in [0.15, 0.2) is 0 Å². The van der Waals surface area contributed by atoms with Gasteiger partial charge in [-0.15, -0.1) is 21.5 Å². The van der Waals surface area contributed by atoms with Crippen molar-refractivity contribution in [3.8, 4) is 10.8 Å². The SMILES string of the molecule is Clc1c(-c2nnco2)sc2ccccc12. The zero-order chi connectivity index (χ0) is 10.3. The second-order valence-electron chi connectivity index (χ2n) is 2.99. The van der Waals surface area contributed by atoms with Crippen LogP contribution < -0.4 is 0 Å². The molecule has 74 valence electrons. The topological polar surface area (TPSA) is 38.9 Å². The van der Waals surface area contributed by atoms with E-state index >= 15 is 0 Å². The molecule has 0 saturated carbocycles. The van der Waals surface area contributed by atoms with Gasteiger partial charge < -0.3 is 4.42 Å². The van der Waals surface area contributed by atoms with Gasteiger partial charge in [-0.05, 0) is 6.07 Å². The van der Waals surface area contributed by atoms with Crippen LogP contribution in [0.4, 0.5) is 0 Å². The Morgan fingerprint density at radius 1 is 1.27 bits per heavy atom. The molecule has 2 heterocycles. The predicted octanol–water partition coefficient (Wildman–Crippen LogP) is 3.60. The Kier molecular flexibility index (Phi) is 1.97. The molecule has 3 aromatic rings. The van der Waals surface area contributed by atoms with Crippen molar-refractivity contribution < 1.29 is 4.42 Å². The van der Waals surface area contributed by atoms with E-state index in [1.54, 1.807) is 11.3 Å². The van der Waals surface area contributed by atoms with E-state index in [1.165, 1.54) is 6.39 Å². The van der Waals surface area contributed by atoms with Gasteiger partial charge in [0.05, 0.1) is 5.02 Å². The van der Waals surface area contributed by atoms with Gasteiger partial charge in [0.25, 0.3) is 5.89 Å². The highest BCUT2D eigenvalue weighted by Gasteiger charge is 2.15. The molecular weight excluding hydrogens is 232 g/mol. The Labute approximate surface area is 94.3 Å². The van der Waals surface area contributed by atoms with Crippen molar-refractivity contribution in [3.05, 3.63) is 35.7 Å². The van der Waals surface area contributed by atoms with Crippen LogP contribution in [0.5, 0.6) is 0 Å². The molecule has 0 aliphatic heterocycles. The van der Waals surface area contributed by atoms with Gasteiger partial charge in [-0.2, -0.15) is 0 Å². The van der Waals surface area contributed by atoms with E-state index in [-0.39, 0.29) is 0 Å². The molecule has 5 heteroatoms. The minimum absolute atomic E-state index is 0.473. The number of benzene rings is 1. The van der Waals surface area contributed by atoms with E-state index in [9.17, 15) is 0 Å². The quantitative estimate of drug-likeness (QED) is 0.648. The fourth-order valence-corrected chi connectivity index (χ4v) is 2.86. The first-order valence-corrected chi connectivity index (χ1v) is 5.49. The molecule has 0 spiro atoms. The number of rotatable bonds is 1. The molecule has 0 bridgehead atoms.